The van der Waals surface area contributed by atoms with Crippen molar-refractivity contribution in [2.24, 2.45) is 0 Å². The molecule has 2 nitrogen and oxygen atoms in total. The summed E-state index contributed by atoms with van der Waals surface area (Å²) in [6.45, 7) is -6.42. The van der Waals surface area contributed by atoms with Crippen LogP contribution < -0.4 is 0 Å². The molecule has 0 saturated carbocycles. The Balaban J connectivity index is 4.22. The first-order valence-corrected chi connectivity index (χ1v) is 7.01. The van der Waals surface area contributed by atoms with Gasteiger partial charge < -0.3 is 9.47 Å². The van der Waals surface area contributed by atoms with Crippen molar-refractivity contribution in [1.29, 1.82) is 0 Å². The average Bonchev–Trinajstić information content (AvgIpc) is 2.47. The smallest absolute Gasteiger partial charge is 0.375 e. The van der Waals surface area contributed by atoms with Gasteiger partial charge in [0.1, 0.15) is 13.2 Å². The Morgan fingerprint density at radius 1 is 0.429 bits per heavy atom. The second-order valence-corrected chi connectivity index (χ2v) is 5.37. The van der Waals surface area contributed by atoms with Crippen molar-refractivity contribution in [3.8, 4) is 0 Å². The Hall–Kier alpha value is -1.06. The standard InChI is InChI=1S/C12H12F14O2/c13-7(14,9(17,18)11(21,22)23)5-27-3-1-2-4-28-6-8(15,16)10(19,20)12(24,25)26/h1-6H2. The van der Waals surface area contributed by atoms with E-state index in [1.807, 2.05) is 0 Å². The van der Waals surface area contributed by atoms with Crippen LogP contribution in [-0.2, 0) is 9.47 Å². The van der Waals surface area contributed by atoms with E-state index in [0.29, 0.717) is 0 Å². The zero-order valence-corrected chi connectivity index (χ0v) is 13.4. The van der Waals surface area contributed by atoms with Gasteiger partial charge in [0.25, 0.3) is 0 Å². The normalized spacial score (nSPS) is 15.2. The molecule has 0 aromatic carbocycles. The first kappa shape index (κ1) is 26.9. The second kappa shape index (κ2) is 8.75. The second-order valence-electron chi connectivity index (χ2n) is 5.37. The molecular weight excluding hydrogens is 442 g/mol. The van der Waals surface area contributed by atoms with Crippen LogP contribution in [0.15, 0.2) is 0 Å². The highest BCUT2D eigenvalue weighted by atomic mass is 19.4. The summed E-state index contributed by atoms with van der Waals surface area (Å²) in [4.78, 5) is 0. The van der Waals surface area contributed by atoms with Crippen molar-refractivity contribution >= 4 is 0 Å². The molecule has 0 spiro atoms. The van der Waals surface area contributed by atoms with Crippen LogP contribution in [0.3, 0.4) is 0 Å². The molecule has 0 aliphatic carbocycles. The maximum atomic E-state index is 12.8. The van der Waals surface area contributed by atoms with Gasteiger partial charge in [-0.05, 0) is 12.8 Å². The van der Waals surface area contributed by atoms with E-state index in [1.54, 1.807) is 0 Å². The Morgan fingerprint density at radius 2 is 0.679 bits per heavy atom. The maximum absolute atomic E-state index is 12.8. The van der Waals surface area contributed by atoms with Gasteiger partial charge in [0, 0.05) is 13.2 Å². The number of rotatable bonds is 11. The fourth-order valence-electron chi connectivity index (χ4n) is 1.40. The van der Waals surface area contributed by atoms with Crippen molar-refractivity contribution in [1.82, 2.24) is 0 Å². The van der Waals surface area contributed by atoms with E-state index in [2.05, 4.69) is 9.47 Å². The molecule has 0 unspecified atom stereocenters. The highest BCUT2D eigenvalue weighted by Gasteiger charge is 2.73. The third-order valence-electron chi connectivity index (χ3n) is 3.02. The van der Waals surface area contributed by atoms with Gasteiger partial charge in [-0.15, -0.1) is 0 Å². The van der Waals surface area contributed by atoms with Crippen molar-refractivity contribution < 1.29 is 70.9 Å². The first-order chi connectivity index (χ1) is 12.2. The Labute approximate surface area is 147 Å². The van der Waals surface area contributed by atoms with Gasteiger partial charge in [-0.1, -0.05) is 0 Å². The van der Waals surface area contributed by atoms with E-state index >= 15 is 0 Å². The molecule has 16 heteroatoms. The van der Waals surface area contributed by atoms with Crippen LogP contribution in [0.4, 0.5) is 61.5 Å². The number of hydrogen-bond acceptors (Lipinski definition) is 2. The highest BCUT2D eigenvalue weighted by molar-refractivity contribution is 4.91. The van der Waals surface area contributed by atoms with Gasteiger partial charge in [0.05, 0.1) is 0 Å². The van der Waals surface area contributed by atoms with Crippen LogP contribution in [0, 0.1) is 0 Å². The fraction of sp³-hybridized carbons (Fsp3) is 1.00. The molecule has 0 aliphatic heterocycles. The molecule has 0 N–H and O–H groups in total. The summed E-state index contributed by atoms with van der Waals surface area (Å²) < 4.78 is 180. The van der Waals surface area contributed by atoms with E-state index in [1.165, 1.54) is 0 Å². The molecule has 0 radical (unpaired) electrons. The third-order valence-corrected chi connectivity index (χ3v) is 3.02. The molecular formula is C12H12F14O2. The molecule has 0 aliphatic rings. The SMILES string of the molecule is FC(F)(F)C(F)(F)C(F)(F)COCCCCOCC(F)(F)C(F)(F)C(F)(F)F. The highest BCUT2D eigenvalue weighted by Crippen LogP contribution is 2.47. The van der Waals surface area contributed by atoms with E-state index < -0.39 is 75.3 Å². The predicted molar refractivity (Wildman–Crippen MR) is 62.8 cm³/mol. The zero-order chi connectivity index (χ0) is 22.7. The summed E-state index contributed by atoms with van der Waals surface area (Å²) in [5, 5.41) is 0. The van der Waals surface area contributed by atoms with Gasteiger partial charge in [0.15, 0.2) is 0 Å². The molecule has 0 rings (SSSR count). The topological polar surface area (TPSA) is 18.5 Å². The molecule has 0 bridgehead atoms. The fourth-order valence-corrected chi connectivity index (χ4v) is 1.40. The lowest BCUT2D eigenvalue weighted by Gasteiger charge is -2.28. The summed E-state index contributed by atoms with van der Waals surface area (Å²) in [5.74, 6) is -24.0. The Morgan fingerprint density at radius 3 is 0.893 bits per heavy atom. The predicted octanol–water partition coefficient (Wildman–Crippen LogP) is 5.47. The van der Waals surface area contributed by atoms with Crippen LogP contribution in [0.2, 0.25) is 0 Å². The minimum absolute atomic E-state index is 0.449. The van der Waals surface area contributed by atoms with Crippen molar-refractivity contribution in [2.45, 2.75) is 48.9 Å². The van der Waals surface area contributed by atoms with Crippen LogP contribution >= 0.6 is 0 Å². The largest absolute Gasteiger partial charge is 0.459 e. The molecule has 0 fully saturated rings. The lowest BCUT2D eigenvalue weighted by molar-refractivity contribution is -0.362. The molecule has 0 amide bonds. The maximum Gasteiger partial charge on any atom is 0.459 e. The molecule has 0 aromatic heterocycles. The third kappa shape index (κ3) is 6.22. The lowest BCUT2D eigenvalue weighted by Crippen LogP contribution is -2.54. The molecule has 0 atom stereocenters. The quantitative estimate of drug-likeness (QED) is 0.305. The first-order valence-electron chi connectivity index (χ1n) is 7.01. The number of alkyl halides is 14. The molecule has 0 aromatic rings. The van der Waals surface area contributed by atoms with E-state index in [-0.39, 0.29) is 0 Å². The van der Waals surface area contributed by atoms with E-state index in [9.17, 15) is 61.5 Å². The van der Waals surface area contributed by atoms with Crippen LogP contribution in [0.5, 0.6) is 0 Å². The minimum Gasteiger partial charge on any atom is -0.375 e. The van der Waals surface area contributed by atoms with Crippen LogP contribution in [0.1, 0.15) is 12.8 Å². The van der Waals surface area contributed by atoms with Gasteiger partial charge in [-0.25, -0.2) is 0 Å². The summed E-state index contributed by atoms with van der Waals surface area (Å²) in [5.41, 5.74) is 0. The Kier molecular flexibility index (Phi) is 8.42. The van der Waals surface area contributed by atoms with Gasteiger partial charge in [-0.2, -0.15) is 61.5 Å². The van der Waals surface area contributed by atoms with Gasteiger partial charge in [-0.3, -0.25) is 0 Å². The molecule has 0 heterocycles. The van der Waals surface area contributed by atoms with Gasteiger partial charge >= 0.3 is 36.0 Å². The minimum atomic E-state index is -6.54. The van der Waals surface area contributed by atoms with E-state index in [4.69, 9.17) is 0 Å². The lowest BCUT2D eigenvalue weighted by atomic mass is 10.2. The molecule has 28 heavy (non-hydrogen) atoms. The molecule has 0 saturated heterocycles. The molecule has 170 valence electrons. The van der Waals surface area contributed by atoms with E-state index in [0.717, 1.165) is 0 Å². The Bertz CT molecular complexity index is 438. The monoisotopic (exact) mass is 454 g/mol. The number of halogens is 14. The van der Waals surface area contributed by atoms with Crippen LogP contribution in [-0.4, -0.2) is 62.5 Å². The summed E-state index contributed by atoms with van der Waals surface area (Å²) >= 11 is 0. The zero-order valence-electron chi connectivity index (χ0n) is 13.4. The average molecular weight is 454 g/mol. The summed E-state index contributed by atoms with van der Waals surface area (Å²) in [7, 11) is 0. The summed E-state index contributed by atoms with van der Waals surface area (Å²) in [6.07, 6.45) is -14.0. The van der Waals surface area contributed by atoms with Crippen molar-refractivity contribution in [3.63, 3.8) is 0 Å². The van der Waals surface area contributed by atoms with Crippen LogP contribution in [0.25, 0.3) is 0 Å². The number of hydrogen-bond donors (Lipinski definition) is 0. The van der Waals surface area contributed by atoms with Crippen molar-refractivity contribution in [3.05, 3.63) is 0 Å². The number of unbranched alkanes of at least 4 members (excludes halogenated alkanes) is 1. The summed E-state index contributed by atoms with van der Waals surface area (Å²) in [6, 6.07) is 0. The number of ether oxygens (including phenoxy) is 2. The van der Waals surface area contributed by atoms with Crippen molar-refractivity contribution in [2.75, 3.05) is 26.4 Å². The van der Waals surface area contributed by atoms with Gasteiger partial charge in [0.2, 0.25) is 0 Å².